The van der Waals surface area contributed by atoms with Crippen molar-refractivity contribution < 1.29 is 9.13 Å². The van der Waals surface area contributed by atoms with Gasteiger partial charge in [0.05, 0.1) is 19.3 Å². The average Bonchev–Trinajstić information content (AvgIpc) is 3.28. The molecule has 1 aliphatic rings. The Morgan fingerprint density at radius 2 is 2.03 bits per heavy atom. The molecule has 1 fully saturated rings. The minimum Gasteiger partial charge on any atom is -0.494 e. The van der Waals surface area contributed by atoms with Crippen molar-refractivity contribution >= 4 is 29.5 Å². The number of aromatic nitrogens is 5. The Morgan fingerprint density at radius 1 is 1.18 bits per heavy atom. The van der Waals surface area contributed by atoms with Gasteiger partial charge in [-0.1, -0.05) is 6.92 Å². The van der Waals surface area contributed by atoms with Crippen LogP contribution in [0.5, 0.6) is 5.75 Å². The Hall–Kier alpha value is -3.80. The van der Waals surface area contributed by atoms with Gasteiger partial charge in [0.2, 0.25) is 23.8 Å². The number of nitrogens with zero attached hydrogens (tertiary/aromatic N) is 7. The highest BCUT2D eigenvalue weighted by Gasteiger charge is 2.28. The van der Waals surface area contributed by atoms with Crippen molar-refractivity contribution in [3.05, 3.63) is 42.0 Å². The minimum absolute atomic E-state index is 0.0486. The maximum atomic E-state index is 14.6. The molecule has 0 radical (unpaired) electrons. The van der Waals surface area contributed by atoms with Crippen LogP contribution in [0.1, 0.15) is 25.5 Å². The maximum absolute atomic E-state index is 14.6. The lowest BCUT2D eigenvalue weighted by Gasteiger charge is -2.30. The molecule has 0 spiro atoms. The molecule has 0 saturated carbocycles. The van der Waals surface area contributed by atoms with Crippen LogP contribution in [0.25, 0.3) is 0 Å². The van der Waals surface area contributed by atoms with E-state index in [4.69, 9.17) is 16.2 Å². The SMILES string of the molecule is CCN1CCCC1CN(c1ccc(OC)c(F)c1)c1nc(N)nc(NCc2ccnc(N)n2)n1. The third kappa shape index (κ3) is 5.39. The van der Waals surface area contributed by atoms with Gasteiger partial charge in [0, 0.05) is 30.5 Å². The van der Waals surface area contributed by atoms with Crippen LogP contribution in [0.15, 0.2) is 30.5 Å². The first-order chi connectivity index (χ1) is 16.5. The molecule has 11 nitrogen and oxygen atoms in total. The Morgan fingerprint density at radius 3 is 2.76 bits per heavy atom. The number of halogens is 1. The molecule has 0 aliphatic carbocycles. The monoisotopic (exact) mass is 468 g/mol. The van der Waals surface area contributed by atoms with Crippen LogP contribution >= 0.6 is 0 Å². The summed E-state index contributed by atoms with van der Waals surface area (Å²) in [6, 6.07) is 6.80. The molecule has 5 N–H and O–H groups in total. The highest BCUT2D eigenvalue weighted by atomic mass is 19.1. The number of nitrogens with one attached hydrogen (secondary N) is 1. The topological polar surface area (TPSA) is 144 Å². The summed E-state index contributed by atoms with van der Waals surface area (Å²) in [6.07, 6.45) is 3.72. The maximum Gasteiger partial charge on any atom is 0.236 e. The summed E-state index contributed by atoms with van der Waals surface area (Å²) < 4.78 is 19.7. The summed E-state index contributed by atoms with van der Waals surface area (Å²) in [6.45, 7) is 4.99. The molecule has 2 aromatic heterocycles. The van der Waals surface area contributed by atoms with Gasteiger partial charge in [0.15, 0.2) is 11.6 Å². The van der Waals surface area contributed by atoms with E-state index < -0.39 is 5.82 Å². The smallest absolute Gasteiger partial charge is 0.236 e. The Labute approximate surface area is 197 Å². The van der Waals surface area contributed by atoms with Crippen LogP contribution in [0.3, 0.4) is 0 Å². The van der Waals surface area contributed by atoms with E-state index in [2.05, 4.69) is 42.1 Å². The molecule has 3 aromatic rings. The summed E-state index contributed by atoms with van der Waals surface area (Å²) in [4.78, 5) is 25.5. The summed E-state index contributed by atoms with van der Waals surface area (Å²) in [5.74, 6) is 0.529. The number of rotatable bonds is 9. The van der Waals surface area contributed by atoms with E-state index in [9.17, 15) is 4.39 Å². The number of likely N-dealkylation sites (N-methyl/N-ethyl adjacent to an activating group) is 1. The van der Waals surface area contributed by atoms with Crippen LogP contribution in [0.4, 0.5) is 33.9 Å². The summed E-state index contributed by atoms with van der Waals surface area (Å²) in [7, 11) is 1.43. The predicted octanol–water partition coefficient (Wildman–Crippen LogP) is 2.21. The first-order valence-electron chi connectivity index (χ1n) is 11.1. The van der Waals surface area contributed by atoms with Crippen molar-refractivity contribution in [2.75, 3.05) is 48.4 Å². The zero-order chi connectivity index (χ0) is 24.1. The van der Waals surface area contributed by atoms with E-state index in [0.29, 0.717) is 30.4 Å². The molecule has 34 heavy (non-hydrogen) atoms. The lowest BCUT2D eigenvalue weighted by molar-refractivity contribution is 0.271. The average molecular weight is 469 g/mol. The van der Waals surface area contributed by atoms with Gasteiger partial charge in [-0.25, -0.2) is 14.4 Å². The largest absolute Gasteiger partial charge is 0.494 e. The molecule has 1 unspecified atom stereocenters. The lowest BCUT2D eigenvalue weighted by atomic mass is 10.2. The molecule has 0 amide bonds. The fourth-order valence-corrected chi connectivity index (χ4v) is 4.12. The third-order valence-electron chi connectivity index (χ3n) is 5.79. The van der Waals surface area contributed by atoms with Gasteiger partial charge < -0.3 is 26.4 Å². The van der Waals surface area contributed by atoms with Gasteiger partial charge in [-0.05, 0) is 44.1 Å². The van der Waals surface area contributed by atoms with Crippen molar-refractivity contribution in [2.45, 2.75) is 32.4 Å². The van der Waals surface area contributed by atoms with E-state index in [0.717, 1.165) is 25.9 Å². The molecule has 1 aliphatic heterocycles. The number of nitrogens with two attached hydrogens (primary N) is 2. The quantitative estimate of drug-likeness (QED) is 0.425. The molecular weight excluding hydrogens is 439 g/mol. The second kappa shape index (κ2) is 10.4. The van der Waals surface area contributed by atoms with Gasteiger partial charge in [-0.15, -0.1) is 0 Å². The van der Waals surface area contributed by atoms with Crippen molar-refractivity contribution in [1.29, 1.82) is 0 Å². The number of hydrogen-bond acceptors (Lipinski definition) is 11. The molecular formula is C22H29FN10O. The molecule has 12 heteroatoms. The van der Waals surface area contributed by atoms with Crippen molar-refractivity contribution in [2.24, 2.45) is 0 Å². The van der Waals surface area contributed by atoms with Crippen molar-refractivity contribution in [3.63, 3.8) is 0 Å². The van der Waals surface area contributed by atoms with Crippen LogP contribution in [0, 0.1) is 5.82 Å². The van der Waals surface area contributed by atoms with Crippen LogP contribution in [-0.4, -0.2) is 62.6 Å². The number of likely N-dealkylation sites (tertiary alicyclic amines) is 1. The molecule has 1 aromatic carbocycles. The van der Waals surface area contributed by atoms with Crippen LogP contribution in [-0.2, 0) is 6.54 Å². The molecule has 4 rings (SSSR count). The number of nitrogen functional groups attached to an aromatic ring is 2. The molecule has 0 bridgehead atoms. The van der Waals surface area contributed by atoms with E-state index in [1.54, 1.807) is 24.4 Å². The van der Waals surface area contributed by atoms with Gasteiger partial charge >= 0.3 is 0 Å². The fourth-order valence-electron chi connectivity index (χ4n) is 4.12. The van der Waals surface area contributed by atoms with E-state index in [1.807, 2.05) is 4.90 Å². The van der Waals surface area contributed by atoms with Crippen LogP contribution < -0.4 is 26.4 Å². The fraction of sp³-hybridized carbons (Fsp3) is 0.409. The molecule has 1 saturated heterocycles. The zero-order valence-electron chi connectivity index (χ0n) is 19.3. The summed E-state index contributed by atoms with van der Waals surface area (Å²) >= 11 is 0. The molecule has 3 heterocycles. The summed E-state index contributed by atoms with van der Waals surface area (Å²) in [5, 5.41) is 3.10. The van der Waals surface area contributed by atoms with E-state index >= 15 is 0 Å². The minimum atomic E-state index is -0.467. The molecule has 1 atom stereocenters. The Kier molecular flexibility index (Phi) is 7.16. The summed E-state index contributed by atoms with van der Waals surface area (Å²) in [5.41, 5.74) is 12.9. The normalized spacial score (nSPS) is 15.9. The number of ether oxygens (including phenoxy) is 1. The van der Waals surface area contributed by atoms with E-state index in [1.165, 1.54) is 13.2 Å². The molecule has 180 valence electrons. The highest BCUT2D eigenvalue weighted by Crippen LogP contribution is 2.30. The first-order valence-corrected chi connectivity index (χ1v) is 11.1. The van der Waals surface area contributed by atoms with Gasteiger partial charge in [0.1, 0.15) is 0 Å². The van der Waals surface area contributed by atoms with Crippen molar-refractivity contribution in [1.82, 2.24) is 29.8 Å². The standard InChI is InChI=1S/C22H29FN10O/c1-3-32-10-4-5-16(32)13-33(15-6-7-18(34-2)17(23)11-15)22-30-20(25)29-21(31-22)27-12-14-8-9-26-19(24)28-14/h6-9,11,16H,3-5,10,12-13H2,1-2H3,(H2,24,26,28)(H3,25,27,29,30,31). The number of anilines is 5. The van der Waals surface area contributed by atoms with Crippen LogP contribution in [0.2, 0.25) is 0 Å². The number of benzene rings is 1. The second-order valence-electron chi connectivity index (χ2n) is 7.93. The van der Waals surface area contributed by atoms with Gasteiger partial charge in [-0.2, -0.15) is 15.0 Å². The third-order valence-corrected chi connectivity index (χ3v) is 5.79. The van der Waals surface area contributed by atoms with Gasteiger partial charge in [-0.3, -0.25) is 4.90 Å². The number of hydrogen-bond donors (Lipinski definition) is 3. The highest BCUT2D eigenvalue weighted by molar-refractivity contribution is 5.60. The predicted molar refractivity (Wildman–Crippen MR) is 128 cm³/mol. The van der Waals surface area contributed by atoms with Crippen molar-refractivity contribution in [3.8, 4) is 5.75 Å². The Balaban J connectivity index is 1.65. The number of methoxy groups -OCH3 is 1. The lowest BCUT2D eigenvalue weighted by Crippen LogP contribution is -2.39. The first kappa shape index (κ1) is 23.4. The zero-order valence-corrected chi connectivity index (χ0v) is 19.3. The second-order valence-corrected chi connectivity index (χ2v) is 7.93. The van der Waals surface area contributed by atoms with E-state index in [-0.39, 0.29) is 29.6 Å². The van der Waals surface area contributed by atoms with Gasteiger partial charge in [0.25, 0.3) is 0 Å². The Bertz CT molecular complexity index is 1130.